The summed E-state index contributed by atoms with van der Waals surface area (Å²) in [5.74, 6) is -0.444. The molecule has 3 aromatic carbocycles. The third kappa shape index (κ3) is 6.97. The number of rotatable bonds is 9. The van der Waals surface area contributed by atoms with E-state index in [0.29, 0.717) is 39.2 Å². The summed E-state index contributed by atoms with van der Waals surface area (Å²) >= 11 is 18.8. The molecule has 0 fully saturated rings. The first-order valence-corrected chi connectivity index (χ1v) is 11.8. The Kier molecular flexibility index (Phi) is 9.19. The van der Waals surface area contributed by atoms with Gasteiger partial charge in [0.25, 0.3) is 0 Å². The van der Waals surface area contributed by atoms with Gasteiger partial charge in [-0.25, -0.2) is 0 Å². The lowest BCUT2D eigenvalue weighted by Gasteiger charge is -2.32. The fourth-order valence-electron chi connectivity index (χ4n) is 3.59. The highest BCUT2D eigenvalue weighted by molar-refractivity contribution is 6.35. The molecule has 1 atom stereocenters. The Balaban J connectivity index is 1.99. The number of nitrogens with one attached hydrogen (secondary N) is 1. The van der Waals surface area contributed by atoms with Crippen molar-refractivity contribution >= 4 is 46.6 Å². The summed E-state index contributed by atoms with van der Waals surface area (Å²) in [6.07, 6.45) is 0.432. The van der Waals surface area contributed by atoms with Crippen molar-refractivity contribution in [3.63, 3.8) is 0 Å². The molecule has 3 rings (SSSR count). The summed E-state index contributed by atoms with van der Waals surface area (Å²) in [5, 5.41) is 4.32. The minimum absolute atomic E-state index is 0.0651. The van der Waals surface area contributed by atoms with Crippen LogP contribution in [0.25, 0.3) is 0 Å². The van der Waals surface area contributed by atoms with Crippen molar-refractivity contribution < 1.29 is 9.59 Å². The number of hydrogen-bond donors (Lipinski definition) is 1. The summed E-state index contributed by atoms with van der Waals surface area (Å²) in [4.78, 5) is 28.3. The molecular formula is C26H25Cl3N2O2. The van der Waals surface area contributed by atoms with Gasteiger partial charge in [-0.3, -0.25) is 9.59 Å². The van der Waals surface area contributed by atoms with Gasteiger partial charge in [-0.2, -0.15) is 0 Å². The molecule has 3 aromatic rings. The first-order valence-electron chi connectivity index (χ1n) is 10.7. The number of amides is 2. The van der Waals surface area contributed by atoms with Crippen LogP contribution in [0.3, 0.4) is 0 Å². The van der Waals surface area contributed by atoms with Crippen LogP contribution in [0.4, 0.5) is 0 Å². The van der Waals surface area contributed by atoms with Crippen LogP contribution in [0.15, 0.2) is 72.8 Å². The lowest BCUT2D eigenvalue weighted by Crippen LogP contribution is -2.51. The van der Waals surface area contributed by atoms with Crippen LogP contribution in [0, 0.1) is 0 Å². The highest BCUT2D eigenvalue weighted by Gasteiger charge is 2.30. The quantitative estimate of drug-likeness (QED) is 0.391. The van der Waals surface area contributed by atoms with E-state index in [-0.39, 0.29) is 24.8 Å². The Bertz CT molecular complexity index is 1110. The van der Waals surface area contributed by atoms with Crippen molar-refractivity contribution in [2.24, 2.45) is 0 Å². The second kappa shape index (κ2) is 12.1. The molecule has 0 aliphatic heterocycles. The number of carbonyl (C=O) groups is 2. The predicted octanol–water partition coefficient (Wildman–Crippen LogP) is 5.97. The molecule has 0 bridgehead atoms. The molecule has 0 aliphatic carbocycles. The molecule has 0 spiro atoms. The number of benzene rings is 3. The van der Waals surface area contributed by atoms with Crippen molar-refractivity contribution in [2.75, 3.05) is 6.54 Å². The van der Waals surface area contributed by atoms with E-state index in [0.717, 1.165) is 5.56 Å². The Labute approximate surface area is 209 Å². The number of nitrogens with zero attached hydrogens (tertiary/aromatic N) is 1. The van der Waals surface area contributed by atoms with Crippen LogP contribution in [-0.2, 0) is 29.0 Å². The van der Waals surface area contributed by atoms with E-state index in [1.807, 2.05) is 55.5 Å². The fraction of sp³-hybridized carbons (Fsp3) is 0.231. The molecule has 172 valence electrons. The SMILES string of the molecule is CCNC(=O)C(Cc1ccccc1)N(Cc1ccc(Cl)cc1Cl)C(=O)Cc1ccccc1Cl. The van der Waals surface area contributed by atoms with Crippen LogP contribution < -0.4 is 5.32 Å². The Morgan fingerprint density at radius 2 is 1.58 bits per heavy atom. The number of halogens is 3. The third-order valence-corrected chi connectivity index (χ3v) is 6.23. The Hall–Kier alpha value is -2.53. The summed E-state index contributed by atoms with van der Waals surface area (Å²) in [6, 6.07) is 21.2. The molecule has 1 N–H and O–H groups in total. The number of likely N-dealkylation sites (N-methyl/N-ethyl adjacent to an activating group) is 1. The molecule has 0 heterocycles. The van der Waals surface area contributed by atoms with Gasteiger partial charge in [0.15, 0.2) is 0 Å². The lowest BCUT2D eigenvalue weighted by molar-refractivity contribution is -0.140. The van der Waals surface area contributed by atoms with Crippen LogP contribution in [0.5, 0.6) is 0 Å². The second-order valence-corrected chi connectivity index (χ2v) is 8.88. The van der Waals surface area contributed by atoms with Gasteiger partial charge in [0.1, 0.15) is 6.04 Å². The van der Waals surface area contributed by atoms with Gasteiger partial charge in [-0.15, -0.1) is 0 Å². The van der Waals surface area contributed by atoms with Crippen molar-refractivity contribution in [1.29, 1.82) is 0 Å². The second-order valence-electron chi connectivity index (χ2n) is 7.63. The van der Waals surface area contributed by atoms with E-state index in [4.69, 9.17) is 34.8 Å². The topological polar surface area (TPSA) is 49.4 Å². The van der Waals surface area contributed by atoms with Crippen molar-refractivity contribution in [3.8, 4) is 0 Å². The summed E-state index contributed by atoms with van der Waals surface area (Å²) < 4.78 is 0. The van der Waals surface area contributed by atoms with E-state index in [2.05, 4.69) is 5.32 Å². The number of hydrogen-bond acceptors (Lipinski definition) is 2. The van der Waals surface area contributed by atoms with Gasteiger partial charge in [-0.05, 0) is 41.8 Å². The first kappa shape index (κ1) is 25.1. The van der Waals surface area contributed by atoms with E-state index in [9.17, 15) is 9.59 Å². The van der Waals surface area contributed by atoms with Gasteiger partial charge < -0.3 is 10.2 Å². The van der Waals surface area contributed by atoms with Gasteiger partial charge in [0, 0.05) is 34.6 Å². The Morgan fingerprint density at radius 1 is 0.879 bits per heavy atom. The third-order valence-electron chi connectivity index (χ3n) is 5.28. The smallest absolute Gasteiger partial charge is 0.243 e. The molecule has 0 saturated carbocycles. The van der Waals surface area contributed by atoms with Gasteiger partial charge >= 0.3 is 0 Å². The van der Waals surface area contributed by atoms with Gasteiger partial charge in [0.2, 0.25) is 11.8 Å². The average Bonchev–Trinajstić information content (AvgIpc) is 2.79. The molecule has 4 nitrogen and oxygen atoms in total. The maximum Gasteiger partial charge on any atom is 0.243 e. The van der Waals surface area contributed by atoms with E-state index in [1.165, 1.54) is 0 Å². The molecule has 0 aliphatic rings. The van der Waals surface area contributed by atoms with Crippen molar-refractivity contribution in [3.05, 3.63) is 105 Å². The van der Waals surface area contributed by atoms with Gasteiger partial charge in [0.05, 0.1) is 6.42 Å². The largest absolute Gasteiger partial charge is 0.355 e. The highest BCUT2D eigenvalue weighted by Crippen LogP contribution is 2.25. The minimum atomic E-state index is -0.728. The monoisotopic (exact) mass is 502 g/mol. The summed E-state index contributed by atoms with van der Waals surface area (Å²) in [7, 11) is 0. The highest BCUT2D eigenvalue weighted by atomic mass is 35.5. The van der Waals surface area contributed by atoms with E-state index < -0.39 is 6.04 Å². The molecule has 0 radical (unpaired) electrons. The van der Waals surface area contributed by atoms with Crippen LogP contribution in [0.2, 0.25) is 15.1 Å². The minimum Gasteiger partial charge on any atom is -0.355 e. The number of carbonyl (C=O) groups excluding carboxylic acids is 2. The summed E-state index contributed by atoms with van der Waals surface area (Å²) in [5.41, 5.74) is 2.35. The Morgan fingerprint density at radius 3 is 2.24 bits per heavy atom. The van der Waals surface area contributed by atoms with E-state index in [1.54, 1.807) is 29.2 Å². The lowest BCUT2D eigenvalue weighted by atomic mass is 10.0. The van der Waals surface area contributed by atoms with E-state index >= 15 is 0 Å². The zero-order valence-corrected chi connectivity index (χ0v) is 20.5. The molecule has 2 amide bonds. The standard InChI is InChI=1S/C26H25Cl3N2O2/c1-2-30-26(33)24(14-18-8-4-3-5-9-18)31(17-20-12-13-21(27)16-23(20)29)25(32)15-19-10-6-7-11-22(19)28/h3-13,16,24H,2,14-15,17H2,1H3,(H,30,33). The molecule has 1 unspecified atom stereocenters. The molecule has 0 saturated heterocycles. The van der Waals surface area contributed by atoms with Crippen LogP contribution in [-0.4, -0.2) is 29.3 Å². The summed E-state index contributed by atoms with van der Waals surface area (Å²) in [6.45, 7) is 2.47. The predicted molar refractivity (Wildman–Crippen MR) is 135 cm³/mol. The van der Waals surface area contributed by atoms with Crippen LogP contribution >= 0.6 is 34.8 Å². The molecule has 33 heavy (non-hydrogen) atoms. The molecule has 7 heteroatoms. The normalized spacial score (nSPS) is 11.6. The zero-order valence-electron chi connectivity index (χ0n) is 18.2. The molecular weight excluding hydrogens is 479 g/mol. The molecule has 0 aromatic heterocycles. The van der Waals surface area contributed by atoms with Crippen LogP contribution in [0.1, 0.15) is 23.6 Å². The van der Waals surface area contributed by atoms with Crippen molar-refractivity contribution in [2.45, 2.75) is 32.4 Å². The van der Waals surface area contributed by atoms with Crippen molar-refractivity contribution in [1.82, 2.24) is 10.2 Å². The fourth-order valence-corrected chi connectivity index (χ4v) is 4.26. The maximum absolute atomic E-state index is 13.6. The van der Waals surface area contributed by atoms with Gasteiger partial charge in [-0.1, -0.05) is 89.4 Å². The maximum atomic E-state index is 13.6. The average molecular weight is 504 g/mol. The first-order chi connectivity index (χ1) is 15.9. The zero-order chi connectivity index (χ0) is 23.8.